The second kappa shape index (κ2) is 4.63. The molecule has 0 saturated heterocycles. The van der Waals surface area contributed by atoms with Crippen molar-refractivity contribution >= 4 is 5.82 Å². The van der Waals surface area contributed by atoms with E-state index in [1.54, 1.807) is 0 Å². The normalized spacial score (nSPS) is 12.9. The largest absolute Gasteiger partial charge is 0.394 e. The molecule has 1 aromatic rings. The van der Waals surface area contributed by atoms with Gasteiger partial charge in [0.15, 0.2) is 0 Å². The van der Waals surface area contributed by atoms with Crippen molar-refractivity contribution < 1.29 is 5.11 Å². The summed E-state index contributed by atoms with van der Waals surface area (Å²) in [6.45, 7) is 4.49. The second-order valence-corrected chi connectivity index (χ2v) is 3.86. The van der Waals surface area contributed by atoms with E-state index >= 15 is 0 Å². The van der Waals surface area contributed by atoms with Crippen LogP contribution in [0.25, 0.3) is 0 Å². The maximum Gasteiger partial charge on any atom is 0.131 e. The fourth-order valence-electron chi connectivity index (χ4n) is 1.70. The van der Waals surface area contributed by atoms with Crippen LogP contribution in [0.2, 0.25) is 0 Å². The van der Waals surface area contributed by atoms with Crippen molar-refractivity contribution in [1.82, 2.24) is 9.78 Å². The van der Waals surface area contributed by atoms with E-state index < -0.39 is 0 Å². The quantitative estimate of drug-likeness (QED) is 0.737. The van der Waals surface area contributed by atoms with Gasteiger partial charge in [0.25, 0.3) is 0 Å². The minimum absolute atomic E-state index is 0.0603. The maximum atomic E-state index is 9.13. The molecule has 5 heteroatoms. The van der Waals surface area contributed by atoms with E-state index in [1.807, 2.05) is 37.5 Å². The highest BCUT2D eigenvalue weighted by Crippen LogP contribution is 2.22. The van der Waals surface area contributed by atoms with Gasteiger partial charge in [-0.1, -0.05) is 0 Å². The lowest BCUT2D eigenvalue weighted by Crippen LogP contribution is -2.34. The molecule has 0 amide bonds. The van der Waals surface area contributed by atoms with Crippen LogP contribution in [-0.4, -0.2) is 34.6 Å². The first-order valence-corrected chi connectivity index (χ1v) is 5.09. The van der Waals surface area contributed by atoms with Crippen molar-refractivity contribution in [3.63, 3.8) is 0 Å². The fraction of sp³-hybridized carbons (Fsp3) is 0.700. The van der Waals surface area contributed by atoms with Gasteiger partial charge in [0.2, 0.25) is 0 Å². The summed E-state index contributed by atoms with van der Waals surface area (Å²) in [5.74, 6) is 0.983. The average Bonchev–Trinajstić information content (AvgIpc) is 2.50. The first-order chi connectivity index (χ1) is 7.02. The lowest BCUT2D eigenvalue weighted by Gasteiger charge is -2.26. The zero-order valence-corrected chi connectivity index (χ0v) is 9.86. The number of aliphatic hydroxyl groups excluding tert-OH is 1. The van der Waals surface area contributed by atoms with Crippen molar-refractivity contribution in [2.75, 3.05) is 18.6 Å². The standard InChI is InChI=1S/C10H20N4O/c1-7(6-15)13(3)10-9(5-11)8(2)12-14(10)4/h7,15H,5-6,11H2,1-4H3. The molecule has 0 fully saturated rings. The van der Waals surface area contributed by atoms with E-state index in [0.717, 1.165) is 17.1 Å². The minimum Gasteiger partial charge on any atom is -0.394 e. The molecule has 1 atom stereocenters. The Hall–Kier alpha value is -1.07. The van der Waals surface area contributed by atoms with Crippen LogP contribution in [0.4, 0.5) is 5.82 Å². The summed E-state index contributed by atoms with van der Waals surface area (Å²) in [5, 5.41) is 13.5. The molecule has 1 unspecified atom stereocenters. The van der Waals surface area contributed by atoms with Gasteiger partial charge < -0.3 is 15.7 Å². The SMILES string of the molecule is Cc1nn(C)c(N(C)C(C)CO)c1CN. The molecule has 0 aliphatic carbocycles. The van der Waals surface area contributed by atoms with E-state index in [2.05, 4.69) is 5.10 Å². The van der Waals surface area contributed by atoms with Crippen LogP contribution in [0.5, 0.6) is 0 Å². The van der Waals surface area contributed by atoms with E-state index in [-0.39, 0.29) is 12.6 Å². The number of aryl methyl sites for hydroxylation is 2. The minimum atomic E-state index is 0.0603. The Morgan fingerprint density at radius 1 is 1.60 bits per heavy atom. The molecule has 5 nitrogen and oxygen atoms in total. The molecule has 15 heavy (non-hydrogen) atoms. The van der Waals surface area contributed by atoms with E-state index in [0.29, 0.717) is 6.54 Å². The first kappa shape index (κ1) is 12.0. The van der Waals surface area contributed by atoms with Crippen molar-refractivity contribution in [3.05, 3.63) is 11.3 Å². The third kappa shape index (κ3) is 2.13. The Morgan fingerprint density at radius 3 is 2.67 bits per heavy atom. The molecule has 0 spiro atoms. The summed E-state index contributed by atoms with van der Waals surface area (Å²) in [4.78, 5) is 2.00. The highest BCUT2D eigenvalue weighted by atomic mass is 16.3. The molecular weight excluding hydrogens is 192 g/mol. The molecule has 1 aromatic heterocycles. The number of hydrogen-bond acceptors (Lipinski definition) is 4. The molecule has 1 rings (SSSR count). The summed E-state index contributed by atoms with van der Waals surface area (Å²) in [7, 11) is 3.83. The van der Waals surface area contributed by atoms with E-state index in [1.165, 1.54) is 0 Å². The van der Waals surface area contributed by atoms with Gasteiger partial charge in [0.05, 0.1) is 18.3 Å². The van der Waals surface area contributed by atoms with E-state index in [9.17, 15) is 0 Å². The Kier molecular flexibility index (Phi) is 3.71. The van der Waals surface area contributed by atoms with Crippen molar-refractivity contribution in [1.29, 1.82) is 0 Å². The molecule has 0 aliphatic rings. The average molecular weight is 212 g/mol. The lowest BCUT2D eigenvalue weighted by atomic mass is 10.2. The van der Waals surface area contributed by atoms with Crippen molar-refractivity contribution in [3.8, 4) is 0 Å². The molecular formula is C10H20N4O. The van der Waals surface area contributed by atoms with Gasteiger partial charge in [-0.3, -0.25) is 4.68 Å². The lowest BCUT2D eigenvalue weighted by molar-refractivity contribution is 0.269. The van der Waals surface area contributed by atoms with Gasteiger partial charge in [-0.05, 0) is 13.8 Å². The Morgan fingerprint density at radius 2 is 2.20 bits per heavy atom. The van der Waals surface area contributed by atoms with Crippen molar-refractivity contribution in [2.45, 2.75) is 26.4 Å². The van der Waals surface area contributed by atoms with Gasteiger partial charge in [-0.25, -0.2) is 0 Å². The summed E-state index contributed by atoms with van der Waals surface area (Å²) in [6.07, 6.45) is 0. The first-order valence-electron chi connectivity index (χ1n) is 5.09. The summed E-state index contributed by atoms with van der Waals surface area (Å²) in [6, 6.07) is 0.0603. The third-order valence-corrected chi connectivity index (χ3v) is 2.78. The molecule has 0 saturated carbocycles. The van der Waals surface area contributed by atoms with Gasteiger partial charge in [0.1, 0.15) is 5.82 Å². The number of aromatic nitrogens is 2. The molecule has 0 aromatic carbocycles. The zero-order chi connectivity index (χ0) is 11.6. The monoisotopic (exact) mass is 212 g/mol. The van der Waals surface area contributed by atoms with Crippen molar-refractivity contribution in [2.24, 2.45) is 12.8 Å². The molecule has 0 radical (unpaired) electrons. The van der Waals surface area contributed by atoms with E-state index in [4.69, 9.17) is 10.8 Å². The van der Waals surface area contributed by atoms with Gasteiger partial charge in [-0.2, -0.15) is 5.10 Å². The number of aliphatic hydroxyl groups is 1. The number of likely N-dealkylation sites (N-methyl/N-ethyl adjacent to an activating group) is 1. The highest BCUT2D eigenvalue weighted by Gasteiger charge is 2.18. The summed E-state index contributed by atoms with van der Waals surface area (Å²) >= 11 is 0. The number of rotatable bonds is 4. The molecule has 3 N–H and O–H groups in total. The molecule has 86 valence electrons. The summed E-state index contributed by atoms with van der Waals surface area (Å²) in [5.41, 5.74) is 7.69. The number of nitrogens with two attached hydrogens (primary N) is 1. The number of hydrogen-bond donors (Lipinski definition) is 2. The van der Waals surface area contributed by atoms with Crippen LogP contribution in [-0.2, 0) is 13.6 Å². The predicted octanol–water partition coefficient (Wildman–Crippen LogP) is 0.00422. The smallest absolute Gasteiger partial charge is 0.131 e. The maximum absolute atomic E-state index is 9.13. The Labute approximate surface area is 90.5 Å². The Balaban J connectivity index is 3.11. The van der Waals surface area contributed by atoms with Crippen LogP contribution >= 0.6 is 0 Å². The topological polar surface area (TPSA) is 67.3 Å². The zero-order valence-electron chi connectivity index (χ0n) is 9.86. The second-order valence-electron chi connectivity index (χ2n) is 3.86. The van der Waals surface area contributed by atoms with Gasteiger partial charge in [-0.15, -0.1) is 0 Å². The van der Waals surface area contributed by atoms with Gasteiger partial charge in [0, 0.05) is 26.2 Å². The van der Waals surface area contributed by atoms with Crippen LogP contribution in [0.3, 0.4) is 0 Å². The van der Waals surface area contributed by atoms with Gasteiger partial charge >= 0.3 is 0 Å². The fourth-order valence-corrected chi connectivity index (χ4v) is 1.70. The van der Waals surface area contributed by atoms with Crippen LogP contribution in [0, 0.1) is 6.92 Å². The van der Waals surface area contributed by atoms with Crippen LogP contribution < -0.4 is 10.6 Å². The van der Waals surface area contributed by atoms with Crippen LogP contribution in [0.15, 0.2) is 0 Å². The number of anilines is 1. The molecule has 1 heterocycles. The molecule has 0 aliphatic heterocycles. The predicted molar refractivity (Wildman–Crippen MR) is 60.8 cm³/mol. The highest BCUT2D eigenvalue weighted by molar-refractivity contribution is 5.50. The Bertz CT molecular complexity index is 334. The third-order valence-electron chi connectivity index (χ3n) is 2.78. The molecule has 0 bridgehead atoms. The number of nitrogens with zero attached hydrogens (tertiary/aromatic N) is 3. The van der Waals surface area contributed by atoms with Crippen LogP contribution in [0.1, 0.15) is 18.2 Å². The summed E-state index contributed by atoms with van der Waals surface area (Å²) < 4.78 is 1.81.